The summed E-state index contributed by atoms with van der Waals surface area (Å²) >= 11 is 0. The van der Waals surface area contributed by atoms with Crippen LogP contribution < -0.4 is 5.32 Å². The lowest BCUT2D eigenvalue weighted by Crippen LogP contribution is -2.27. The Hall–Kier alpha value is -3.15. The Bertz CT molecular complexity index is 871. The Morgan fingerprint density at radius 2 is 1.83 bits per heavy atom. The zero-order valence-electron chi connectivity index (χ0n) is 13.8. The molecule has 1 N–H and O–H groups in total. The molecule has 1 aromatic heterocycles. The molecule has 0 aliphatic carbocycles. The second-order valence-electron chi connectivity index (χ2n) is 5.70. The number of carbonyl (C=O) groups is 1. The fourth-order valence-electron chi connectivity index (χ4n) is 2.21. The molecule has 122 valence electrons. The van der Waals surface area contributed by atoms with Gasteiger partial charge in [-0.1, -0.05) is 35.0 Å². The highest BCUT2D eigenvalue weighted by Crippen LogP contribution is 2.24. The first-order chi connectivity index (χ1) is 11.5. The van der Waals surface area contributed by atoms with E-state index in [9.17, 15) is 4.79 Å². The number of benzene rings is 2. The minimum Gasteiger partial charge on any atom is -0.334 e. The first-order valence-corrected chi connectivity index (χ1v) is 7.52. The normalized spacial score (nSPS) is 10.5. The summed E-state index contributed by atoms with van der Waals surface area (Å²) in [5.41, 5.74) is 3.45. The number of hydrogen-bond acceptors (Lipinski definition) is 4. The highest BCUT2D eigenvalue weighted by atomic mass is 16.5. The van der Waals surface area contributed by atoms with Crippen LogP contribution in [0.25, 0.3) is 22.8 Å². The summed E-state index contributed by atoms with van der Waals surface area (Å²) in [5, 5.41) is 6.84. The minimum atomic E-state index is -0.194. The third kappa shape index (κ3) is 3.43. The van der Waals surface area contributed by atoms with Crippen molar-refractivity contribution in [1.82, 2.24) is 15.0 Å². The largest absolute Gasteiger partial charge is 0.334 e. The minimum absolute atomic E-state index is 0.194. The first kappa shape index (κ1) is 15.7. The second-order valence-corrected chi connectivity index (χ2v) is 5.70. The van der Waals surface area contributed by atoms with E-state index in [2.05, 4.69) is 15.5 Å². The Labute approximate surface area is 140 Å². The van der Waals surface area contributed by atoms with Gasteiger partial charge in [-0.15, -0.1) is 0 Å². The highest BCUT2D eigenvalue weighted by Gasteiger charge is 2.12. The molecule has 0 unspecified atom stereocenters. The molecule has 6 heteroatoms. The molecule has 0 aliphatic rings. The van der Waals surface area contributed by atoms with Gasteiger partial charge < -0.3 is 14.7 Å². The lowest BCUT2D eigenvalue weighted by Gasteiger charge is -2.12. The van der Waals surface area contributed by atoms with Crippen molar-refractivity contribution < 1.29 is 9.32 Å². The van der Waals surface area contributed by atoms with Gasteiger partial charge in [0, 0.05) is 30.9 Å². The standard InChI is InChI=1S/C18H18N4O2/c1-12-6-4-8-14(10-12)17-20-16(21-24-17)13-7-5-9-15(11-13)19-18(23)22(2)3/h4-11H,1-3H3,(H,19,23). The maximum Gasteiger partial charge on any atom is 0.321 e. The van der Waals surface area contributed by atoms with Crippen LogP contribution in [0.3, 0.4) is 0 Å². The topological polar surface area (TPSA) is 71.3 Å². The van der Waals surface area contributed by atoms with E-state index in [-0.39, 0.29) is 6.03 Å². The average molecular weight is 322 g/mol. The van der Waals surface area contributed by atoms with Gasteiger partial charge in [-0.25, -0.2) is 4.79 Å². The summed E-state index contributed by atoms with van der Waals surface area (Å²) in [4.78, 5) is 17.7. The summed E-state index contributed by atoms with van der Waals surface area (Å²) in [7, 11) is 3.37. The van der Waals surface area contributed by atoms with Crippen molar-refractivity contribution >= 4 is 11.7 Å². The van der Waals surface area contributed by atoms with Crippen LogP contribution in [0, 0.1) is 6.92 Å². The zero-order chi connectivity index (χ0) is 17.1. The summed E-state index contributed by atoms with van der Waals surface area (Å²) in [6.45, 7) is 2.01. The number of amides is 2. The number of aryl methyl sites for hydroxylation is 1. The molecule has 0 radical (unpaired) electrons. The van der Waals surface area contributed by atoms with Crippen molar-refractivity contribution in [3.05, 3.63) is 54.1 Å². The Kier molecular flexibility index (Phi) is 4.29. The van der Waals surface area contributed by atoms with Gasteiger partial charge in [0.25, 0.3) is 5.89 Å². The van der Waals surface area contributed by atoms with Gasteiger partial charge in [-0.05, 0) is 31.2 Å². The molecule has 0 saturated carbocycles. The number of nitrogens with zero attached hydrogens (tertiary/aromatic N) is 3. The SMILES string of the molecule is Cc1cccc(-c2nc(-c3cccc(NC(=O)N(C)C)c3)no2)c1. The van der Waals surface area contributed by atoms with Crippen LogP contribution in [0.5, 0.6) is 0 Å². The Morgan fingerprint density at radius 3 is 2.58 bits per heavy atom. The van der Waals surface area contributed by atoms with E-state index in [1.807, 2.05) is 55.5 Å². The van der Waals surface area contributed by atoms with Crippen molar-refractivity contribution in [2.45, 2.75) is 6.92 Å². The highest BCUT2D eigenvalue weighted by molar-refractivity contribution is 5.89. The summed E-state index contributed by atoms with van der Waals surface area (Å²) < 4.78 is 5.36. The molecule has 0 spiro atoms. The van der Waals surface area contributed by atoms with E-state index in [1.165, 1.54) is 4.90 Å². The van der Waals surface area contributed by atoms with E-state index in [0.717, 1.165) is 16.7 Å². The predicted molar refractivity (Wildman–Crippen MR) is 92.6 cm³/mol. The van der Waals surface area contributed by atoms with Gasteiger partial charge in [0.15, 0.2) is 0 Å². The van der Waals surface area contributed by atoms with E-state index >= 15 is 0 Å². The maximum atomic E-state index is 11.7. The van der Waals surface area contributed by atoms with Crippen molar-refractivity contribution in [3.63, 3.8) is 0 Å². The molecule has 3 rings (SSSR count). The number of anilines is 1. The monoisotopic (exact) mass is 322 g/mol. The van der Waals surface area contributed by atoms with Gasteiger partial charge >= 0.3 is 6.03 Å². The van der Waals surface area contributed by atoms with E-state index in [4.69, 9.17) is 4.52 Å². The molecule has 0 saturated heterocycles. The Balaban J connectivity index is 1.86. The van der Waals surface area contributed by atoms with E-state index < -0.39 is 0 Å². The number of carbonyl (C=O) groups excluding carboxylic acids is 1. The maximum absolute atomic E-state index is 11.7. The van der Waals surface area contributed by atoms with Crippen LogP contribution in [0.2, 0.25) is 0 Å². The van der Waals surface area contributed by atoms with Crippen LogP contribution in [0.1, 0.15) is 5.56 Å². The van der Waals surface area contributed by atoms with Crippen molar-refractivity contribution in [2.24, 2.45) is 0 Å². The summed E-state index contributed by atoms with van der Waals surface area (Å²) in [6, 6.07) is 15.0. The number of nitrogens with one attached hydrogen (secondary N) is 1. The molecule has 0 aliphatic heterocycles. The van der Waals surface area contributed by atoms with Crippen LogP contribution in [0.15, 0.2) is 53.1 Å². The van der Waals surface area contributed by atoms with Crippen LogP contribution in [0.4, 0.5) is 10.5 Å². The molecule has 2 aromatic carbocycles. The molecule has 0 bridgehead atoms. The third-order valence-electron chi connectivity index (χ3n) is 3.47. The zero-order valence-corrected chi connectivity index (χ0v) is 13.8. The smallest absolute Gasteiger partial charge is 0.321 e. The molecule has 6 nitrogen and oxygen atoms in total. The van der Waals surface area contributed by atoms with Crippen molar-refractivity contribution in [2.75, 3.05) is 19.4 Å². The van der Waals surface area contributed by atoms with Gasteiger partial charge in [-0.3, -0.25) is 0 Å². The van der Waals surface area contributed by atoms with Crippen molar-refractivity contribution in [3.8, 4) is 22.8 Å². The van der Waals surface area contributed by atoms with Crippen LogP contribution in [-0.2, 0) is 0 Å². The summed E-state index contributed by atoms with van der Waals surface area (Å²) in [5.74, 6) is 0.948. The molecule has 24 heavy (non-hydrogen) atoms. The summed E-state index contributed by atoms with van der Waals surface area (Å²) in [6.07, 6.45) is 0. The number of rotatable bonds is 3. The molecule has 1 heterocycles. The number of urea groups is 1. The van der Waals surface area contributed by atoms with Gasteiger partial charge in [0.1, 0.15) is 0 Å². The Morgan fingerprint density at radius 1 is 1.08 bits per heavy atom. The second kappa shape index (κ2) is 6.54. The number of aromatic nitrogens is 2. The number of hydrogen-bond donors (Lipinski definition) is 1. The predicted octanol–water partition coefficient (Wildman–Crippen LogP) is 3.81. The molecular weight excluding hydrogens is 304 g/mol. The first-order valence-electron chi connectivity index (χ1n) is 7.52. The van der Waals surface area contributed by atoms with E-state index in [0.29, 0.717) is 17.4 Å². The molecular formula is C18H18N4O2. The lowest BCUT2D eigenvalue weighted by atomic mass is 10.1. The van der Waals surface area contributed by atoms with Gasteiger partial charge in [0.2, 0.25) is 5.82 Å². The van der Waals surface area contributed by atoms with Crippen molar-refractivity contribution in [1.29, 1.82) is 0 Å². The van der Waals surface area contributed by atoms with Gasteiger partial charge in [0.05, 0.1) is 0 Å². The van der Waals surface area contributed by atoms with Crippen LogP contribution in [-0.4, -0.2) is 35.2 Å². The lowest BCUT2D eigenvalue weighted by molar-refractivity contribution is 0.230. The van der Waals surface area contributed by atoms with E-state index in [1.54, 1.807) is 14.1 Å². The molecule has 0 atom stereocenters. The fraction of sp³-hybridized carbons (Fsp3) is 0.167. The molecule has 2 amide bonds. The fourth-order valence-corrected chi connectivity index (χ4v) is 2.21. The van der Waals surface area contributed by atoms with Gasteiger partial charge in [-0.2, -0.15) is 4.98 Å². The van der Waals surface area contributed by atoms with Crippen LogP contribution >= 0.6 is 0 Å². The quantitative estimate of drug-likeness (QED) is 0.796. The molecule has 3 aromatic rings. The average Bonchev–Trinajstić information content (AvgIpc) is 3.05. The third-order valence-corrected chi connectivity index (χ3v) is 3.47. The molecule has 0 fully saturated rings.